The molecule has 1 fully saturated rings. The number of hydrogen-bond acceptors (Lipinski definition) is 7. The summed E-state index contributed by atoms with van der Waals surface area (Å²) in [7, 11) is 3.95. The maximum Gasteiger partial charge on any atom is 0.154 e. The number of piperazine rings is 1. The number of nitrogens with zero attached hydrogens (tertiary/aromatic N) is 7. The van der Waals surface area contributed by atoms with Gasteiger partial charge in [-0.2, -0.15) is 0 Å². The van der Waals surface area contributed by atoms with Gasteiger partial charge in [-0.15, -0.1) is 5.10 Å². The Morgan fingerprint density at radius 1 is 1.15 bits per heavy atom. The van der Waals surface area contributed by atoms with Crippen molar-refractivity contribution in [1.29, 1.82) is 0 Å². The van der Waals surface area contributed by atoms with Crippen molar-refractivity contribution in [3.63, 3.8) is 0 Å². The van der Waals surface area contributed by atoms with Gasteiger partial charge in [-0.1, -0.05) is 17.3 Å². The minimum Gasteiger partial charge on any atom is -0.304 e. The van der Waals surface area contributed by atoms with E-state index < -0.39 is 0 Å². The van der Waals surface area contributed by atoms with Crippen molar-refractivity contribution < 1.29 is 4.79 Å². The highest BCUT2D eigenvalue weighted by Gasteiger charge is 2.17. The number of carbonyl (C=O) groups excluding carboxylic acids is 1. The van der Waals surface area contributed by atoms with E-state index in [2.05, 4.69) is 37.1 Å². The summed E-state index contributed by atoms with van der Waals surface area (Å²) in [6.07, 6.45) is 3.90. The lowest BCUT2D eigenvalue weighted by atomic mass is 10.1. The Kier molecular flexibility index (Phi) is 4.91. The fraction of sp³-hybridized carbons (Fsp3) is 0.421. The Morgan fingerprint density at radius 3 is 2.70 bits per heavy atom. The number of aromatic nitrogens is 5. The molecule has 0 amide bonds. The monoisotopic (exact) mass is 365 g/mol. The molecule has 140 valence electrons. The Hall–Kier alpha value is -2.71. The van der Waals surface area contributed by atoms with Crippen LogP contribution >= 0.6 is 0 Å². The molecular weight excluding hydrogens is 342 g/mol. The molecule has 4 rings (SSSR count). The Balaban J connectivity index is 1.48. The van der Waals surface area contributed by atoms with Gasteiger partial charge in [0, 0.05) is 50.4 Å². The zero-order valence-electron chi connectivity index (χ0n) is 15.7. The Morgan fingerprint density at radius 2 is 1.96 bits per heavy atom. The van der Waals surface area contributed by atoms with E-state index in [1.165, 1.54) is 0 Å². The fourth-order valence-corrected chi connectivity index (χ4v) is 3.27. The third kappa shape index (κ3) is 4.17. The van der Waals surface area contributed by atoms with Gasteiger partial charge in [0.2, 0.25) is 0 Å². The van der Waals surface area contributed by atoms with Gasteiger partial charge < -0.3 is 4.90 Å². The number of benzene rings is 1. The zero-order chi connectivity index (χ0) is 18.8. The molecule has 3 aromatic rings. The van der Waals surface area contributed by atoms with E-state index in [9.17, 15) is 4.79 Å². The number of carbonyl (C=O) groups is 1. The van der Waals surface area contributed by atoms with E-state index in [1.54, 1.807) is 10.9 Å². The second-order valence-corrected chi connectivity index (χ2v) is 7.13. The zero-order valence-corrected chi connectivity index (χ0v) is 15.7. The molecule has 0 radical (unpaired) electrons. The van der Waals surface area contributed by atoms with Crippen LogP contribution in [0, 0.1) is 0 Å². The molecular formula is C19H23N7O. The molecule has 0 aliphatic carbocycles. The summed E-state index contributed by atoms with van der Waals surface area (Å²) in [4.78, 5) is 25.9. The Labute approximate surface area is 157 Å². The molecule has 0 unspecified atom stereocenters. The van der Waals surface area contributed by atoms with Crippen molar-refractivity contribution in [2.45, 2.75) is 6.42 Å². The number of aryl methyl sites for hydroxylation is 1. The number of fused-ring (bicyclic) bond motifs is 1. The highest BCUT2D eigenvalue weighted by atomic mass is 16.1. The number of hydrogen-bond donors (Lipinski definition) is 0. The second-order valence-electron chi connectivity index (χ2n) is 7.13. The molecule has 0 bridgehead atoms. The summed E-state index contributed by atoms with van der Waals surface area (Å²) in [6, 6.07) is 5.92. The quantitative estimate of drug-likeness (QED) is 0.661. The van der Waals surface area contributed by atoms with Crippen LogP contribution in [0.5, 0.6) is 0 Å². The molecule has 1 aromatic carbocycles. The number of rotatable bonds is 5. The summed E-state index contributed by atoms with van der Waals surface area (Å²) in [5.41, 5.74) is 2.56. The lowest BCUT2D eigenvalue weighted by molar-refractivity contribution is -0.120. The number of ketones is 1. The van der Waals surface area contributed by atoms with E-state index in [4.69, 9.17) is 0 Å². The predicted octanol–water partition coefficient (Wildman–Crippen LogP) is 0.784. The first-order valence-corrected chi connectivity index (χ1v) is 9.12. The van der Waals surface area contributed by atoms with Crippen molar-refractivity contribution in [3.05, 3.63) is 36.4 Å². The van der Waals surface area contributed by atoms with Gasteiger partial charge in [0.1, 0.15) is 11.5 Å². The van der Waals surface area contributed by atoms with E-state index >= 15 is 0 Å². The SMILES string of the molecule is CN1CCN(CC(=O)Cc2ncc3ccc(-c4cn(C)nn4)cc3n2)CC1. The van der Waals surface area contributed by atoms with Crippen molar-refractivity contribution in [2.24, 2.45) is 7.05 Å². The fourth-order valence-electron chi connectivity index (χ4n) is 3.27. The summed E-state index contributed by atoms with van der Waals surface area (Å²) < 4.78 is 1.67. The first kappa shape index (κ1) is 17.7. The van der Waals surface area contributed by atoms with Crippen LogP contribution in [-0.2, 0) is 18.3 Å². The van der Waals surface area contributed by atoms with Crippen molar-refractivity contribution in [2.75, 3.05) is 39.8 Å². The highest BCUT2D eigenvalue weighted by molar-refractivity contribution is 5.85. The van der Waals surface area contributed by atoms with Gasteiger partial charge in [-0.3, -0.25) is 14.4 Å². The molecule has 0 saturated carbocycles. The highest BCUT2D eigenvalue weighted by Crippen LogP contribution is 2.21. The van der Waals surface area contributed by atoms with Crippen LogP contribution in [0.3, 0.4) is 0 Å². The molecule has 1 saturated heterocycles. The van der Waals surface area contributed by atoms with Gasteiger partial charge in [0.15, 0.2) is 5.78 Å². The molecule has 2 aromatic heterocycles. The predicted molar refractivity (Wildman–Crippen MR) is 102 cm³/mol. The van der Waals surface area contributed by atoms with E-state index in [1.807, 2.05) is 31.4 Å². The standard InChI is InChI=1S/C19H23N7O/c1-24-5-7-26(8-6-24)12-16(27)10-19-20-11-15-4-3-14(9-17(15)21-19)18-13-25(2)23-22-18/h3-4,9,11,13H,5-8,10,12H2,1-2H3. The smallest absolute Gasteiger partial charge is 0.154 e. The van der Waals surface area contributed by atoms with Crippen LogP contribution in [0.2, 0.25) is 0 Å². The summed E-state index contributed by atoms with van der Waals surface area (Å²) >= 11 is 0. The average molecular weight is 365 g/mol. The van der Waals surface area contributed by atoms with Gasteiger partial charge in [0.05, 0.1) is 24.7 Å². The first-order valence-electron chi connectivity index (χ1n) is 9.12. The molecule has 0 atom stereocenters. The van der Waals surface area contributed by atoms with Crippen LogP contribution in [0.4, 0.5) is 0 Å². The molecule has 0 N–H and O–H groups in total. The van der Waals surface area contributed by atoms with Crippen LogP contribution in [0.25, 0.3) is 22.2 Å². The summed E-state index contributed by atoms with van der Waals surface area (Å²) in [5.74, 6) is 0.724. The minimum atomic E-state index is 0.156. The van der Waals surface area contributed by atoms with Crippen LogP contribution in [-0.4, -0.2) is 80.3 Å². The van der Waals surface area contributed by atoms with Gasteiger partial charge in [0.25, 0.3) is 0 Å². The third-order valence-electron chi connectivity index (χ3n) is 4.88. The van der Waals surface area contributed by atoms with Crippen molar-refractivity contribution >= 4 is 16.7 Å². The van der Waals surface area contributed by atoms with Crippen molar-refractivity contribution in [1.82, 2.24) is 34.8 Å². The minimum absolute atomic E-state index is 0.156. The number of likely N-dealkylation sites (N-methyl/N-ethyl adjacent to an activating group) is 1. The van der Waals surface area contributed by atoms with E-state index in [0.717, 1.165) is 48.3 Å². The maximum absolute atomic E-state index is 12.4. The molecule has 1 aliphatic heterocycles. The number of Topliss-reactive ketones (excluding diaryl/α,β-unsaturated/α-hetero) is 1. The topological polar surface area (TPSA) is 80.0 Å². The first-order chi connectivity index (χ1) is 13.1. The van der Waals surface area contributed by atoms with Gasteiger partial charge in [-0.05, 0) is 13.1 Å². The average Bonchev–Trinajstić information content (AvgIpc) is 3.09. The molecule has 3 heterocycles. The molecule has 8 heteroatoms. The normalized spacial score (nSPS) is 16.1. The molecule has 8 nitrogen and oxygen atoms in total. The van der Waals surface area contributed by atoms with Crippen LogP contribution in [0.1, 0.15) is 5.82 Å². The van der Waals surface area contributed by atoms with Crippen molar-refractivity contribution in [3.8, 4) is 11.3 Å². The largest absolute Gasteiger partial charge is 0.304 e. The molecule has 27 heavy (non-hydrogen) atoms. The third-order valence-corrected chi connectivity index (χ3v) is 4.88. The van der Waals surface area contributed by atoms with Crippen LogP contribution in [0.15, 0.2) is 30.6 Å². The maximum atomic E-state index is 12.4. The summed E-state index contributed by atoms with van der Waals surface area (Å²) in [5, 5.41) is 9.05. The molecule has 0 spiro atoms. The van der Waals surface area contributed by atoms with E-state index in [-0.39, 0.29) is 12.2 Å². The second kappa shape index (κ2) is 7.50. The van der Waals surface area contributed by atoms with E-state index in [0.29, 0.717) is 12.4 Å². The summed E-state index contributed by atoms with van der Waals surface area (Å²) in [6.45, 7) is 4.34. The van der Waals surface area contributed by atoms with Gasteiger partial charge >= 0.3 is 0 Å². The van der Waals surface area contributed by atoms with Gasteiger partial charge in [-0.25, -0.2) is 9.97 Å². The van der Waals surface area contributed by atoms with Crippen LogP contribution < -0.4 is 0 Å². The molecule has 1 aliphatic rings. The Bertz CT molecular complexity index is 960. The lowest BCUT2D eigenvalue weighted by Crippen LogP contribution is -2.46. The lowest BCUT2D eigenvalue weighted by Gasteiger charge is -2.31.